The average molecular weight is 375 g/mol. The van der Waals surface area contributed by atoms with E-state index in [2.05, 4.69) is 15.7 Å². The standard InChI is InChI=1S/C19H25N3O3S/c23-26(24,22-12-9-16-6-1-2-7-17(16)15-22)20-14-18(19-8-5-13-25-19)21-10-3-4-11-21/h1-2,5-8,13,18,20H,3-4,9-12,14-15H2. The lowest BCUT2D eigenvalue weighted by molar-refractivity contribution is 0.215. The van der Waals surface area contributed by atoms with Crippen molar-refractivity contribution in [1.29, 1.82) is 0 Å². The number of likely N-dealkylation sites (tertiary alicyclic amines) is 1. The molecule has 26 heavy (non-hydrogen) atoms. The molecule has 1 aromatic carbocycles. The maximum atomic E-state index is 12.9. The second-order valence-corrected chi connectivity index (χ2v) is 8.74. The second kappa shape index (κ2) is 7.52. The first-order chi connectivity index (χ1) is 12.6. The lowest BCUT2D eigenvalue weighted by Crippen LogP contribution is -2.46. The SMILES string of the molecule is O=S(=O)(NCC(c1ccco1)N1CCCC1)N1CCc2ccccc2C1. The van der Waals surface area contributed by atoms with Gasteiger partial charge in [0, 0.05) is 19.6 Å². The molecular formula is C19H25N3O3S. The molecule has 6 nitrogen and oxygen atoms in total. The van der Waals surface area contributed by atoms with Crippen LogP contribution >= 0.6 is 0 Å². The Balaban J connectivity index is 1.45. The first kappa shape index (κ1) is 17.7. The fraction of sp³-hybridized carbons (Fsp3) is 0.474. The van der Waals surface area contributed by atoms with Crippen LogP contribution in [-0.4, -0.2) is 43.8 Å². The Hall–Kier alpha value is -1.67. The predicted octanol–water partition coefficient (Wildman–Crippen LogP) is 2.31. The molecule has 7 heteroatoms. The van der Waals surface area contributed by atoms with Crippen LogP contribution in [0.5, 0.6) is 0 Å². The first-order valence-corrected chi connectivity index (χ1v) is 10.7. The number of nitrogens with one attached hydrogen (secondary N) is 1. The van der Waals surface area contributed by atoms with Gasteiger partial charge in [-0.2, -0.15) is 12.7 Å². The summed E-state index contributed by atoms with van der Waals surface area (Å²) in [6, 6.07) is 11.8. The maximum absolute atomic E-state index is 12.9. The summed E-state index contributed by atoms with van der Waals surface area (Å²) in [7, 11) is -3.53. The number of fused-ring (bicyclic) bond motifs is 1. The molecule has 140 valence electrons. The van der Waals surface area contributed by atoms with E-state index in [1.165, 1.54) is 5.56 Å². The summed E-state index contributed by atoms with van der Waals surface area (Å²) in [5.74, 6) is 0.818. The van der Waals surface area contributed by atoms with Gasteiger partial charge in [-0.25, -0.2) is 4.72 Å². The third-order valence-corrected chi connectivity index (χ3v) is 6.87. The highest BCUT2D eigenvalue weighted by Crippen LogP contribution is 2.26. The molecule has 3 heterocycles. The minimum absolute atomic E-state index is 0.0562. The van der Waals surface area contributed by atoms with Crippen molar-refractivity contribution in [3.63, 3.8) is 0 Å². The van der Waals surface area contributed by atoms with Crippen molar-refractivity contribution >= 4 is 10.2 Å². The number of hydrogen-bond acceptors (Lipinski definition) is 4. The fourth-order valence-electron chi connectivity index (χ4n) is 3.89. The van der Waals surface area contributed by atoms with E-state index >= 15 is 0 Å². The van der Waals surface area contributed by atoms with Gasteiger partial charge in [0.15, 0.2) is 0 Å². The highest BCUT2D eigenvalue weighted by molar-refractivity contribution is 7.87. The second-order valence-electron chi connectivity index (χ2n) is 6.98. The molecule has 0 spiro atoms. The monoisotopic (exact) mass is 375 g/mol. The van der Waals surface area contributed by atoms with Crippen LogP contribution in [0.3, 0.4) is 0 Å². The summed E-state index contributed by atoms with van der Waals surface area (Å²) in [5.41, 5.74) is 2.33. The van der Waals surface area contributed by atoms with E-state index in [-0.39, 0.29) is 6.04 Å². The number of rotatable bonds is 6. The van der Waals surface area contributed by atoms with Crippen LogP contribution in [0, 0.1) is 0 Å². The Kier molecular flexibility index (Phi) is 5.13. The van der Waals surface area contributed by atoms with Crippen LogP contribution in [0.25, 0.3) is 0 Å². The average Bonchev–Trinajstić information content (AvgIpc) is 3.36. The minimum atomic E-state index is -3.53. The molecule has 2 aliphatic heterocycles. The van der Waals surface area contributed by atoms with Gasteiger partial charge in [0.1, 0.15) is 5.76 Å². The zero-order chi connectivity index (χ0) is 18.0. The summed E-state index contributed by atoms with van der Waals surface area (Å²) in [4.78, 5) is 2.30. The lowest BCUT2D eigenvalue weighted by atomic mass is 10.0. The minimum Gasteiger partial charge on any atom is -0.468 e. The molecule has 4 rings (SSSR count). The molecule has 1 atom stereocenters. The van der Waals surface area contributed by atoms with E-state index < -0.39 is 10.2 Å². The maximum Gasteiger partial charge on any atom is 0.279 e. The Morgan fingerprint density at radius 2 is 1.81 bits per heavy atom. The van der Waals surface area contributed by atoms with Crippen LogP contribution in [0.1, 0.15) is 35.8 Å². The molecule has 1 fully saturated rings. The molecular weight excluding hydrogens is 350 g/mol. The molecule has 2 aliphatic rings. The Bertz CT molecular complexity index is 829. The molecule has 2 aromatic rings. The highest BCUT2D eigenvalue weighted by Gasteiger charge is 2.30. The van der Waals surface area contributed by atoms with E-state index in [9.17, 15) is 8.42 Å². The van der Waals surface area contributed by atoms with Crippen molar-refractivity contribution in [2.75, 3.05) is 26.2 Å². The summed E-state index contributed by atoms with van der Waals surface area (Å²) in [6.07, 6.45) is 4.69. The third kappa shape index (κ3) is 3.71. The Morgan fingerprint density at radius 3 is 2.54 bits per heavy atom. The van der Waals surface area contributed by atoms with Crippen molar-refractivity contribution in [2.45, 2.75) is 31.8 Å². The molecule has 1 aromatic heterocycles. The van der Waals surface area contributed by atoms with Crippen molar-refractivity contribution in [3.05, 3.63) is 59.5 Å². The molecule has 1 N–H and O–H groups in total. The number of hydrogen-bond donors (Lipinski definition) is 1. The van der Waals surface area contributed by atoms with Gasteiger partial charge in [-0.3, -0.25) is 4.90 Å². The van der Waals surface area contributed by atoms with Gasteiger partial charge in [0.2, 0.25) is 0 Å². The smallest absolute Gasteiger partial charge is 0.279 e. The van der Waals surface area contributed by atoms with E-state index in [0.717, 1.165) is 43.7 Å². The van der Waals surface area contributed by atoms with Crippen LogP contribution in [-0.2, 0) is 23.2 Å². The first-order valence-electron chi connectivity index (χ1n) is 9.22. The largest absolute Gasteiger partial charge is 0.468 e. The Morgan fingerprint density at radius 1 is 1.04 bits per heavy atom. The van der Waals surface area contributed by atoms with Crippen LogP contribution < -0.4 is 4.72 Å². The molecule has 0 radical (unpaired) electrons. The molecule has 0 saturated carbocycles. The number of furan rings is 1. The van der Waals surface area contributed by atoms with Gasteiger partial charge in [0.05, 0.1) is 12.3 Å². The Labute approximate surface area is 155 Å². The summed E-state index contributed by atoms with van der Waals surface area (Å²) < 4.78 is 35.6. The van der Waals surface area contributed by atoms with Gasteiger partial charge >= 0.3 is 0 Å². The predicted molar refractivity (Wildman–Crippen MR) is 99.7 cm³/mol. The molecule has 0 amide bonds. The summed E-state index contributed by atoms with van der Waals surface area (Å²) >= 11 is 0. The quantitative estimate of drug-likeness (QED) is 0.841. The van der Waals surface area contributed by atoms with Crippen molar-refractivity contribution in [3.8, 4) is 0 Å². The van der Waals surface area contributed by atoms with Crippen LogP contribution in [0.2, 0.25) is 0 Å². The van der Waals surface area contributed by atoms with E-state index in [1.54, 1.807) is 10.6 Å². The molecule has 1 unspecified atom stereocenters. The zero-order valence-electron chi connectivity index (χ0n) is 14.8. The third-order valence-electron chi connectivity index (χ3n) is 5.35. The van der Waals surface area contributed by atoms with Crippen molar-refractivity contribution < 1.29 is 12.8 Å². The van der Waals surface area contributed by atoms with Crippen LogP contribution in [0.4, 0.5) is 0 Å². The summed E-state index contributed by atoms with van der Waals surface area (Å²) in [6.45, 7) is 3.23. The fourth-order valence-corrected chi connectivity index (χ4v) is 5.09. The lowest BCUT2D eigenvalue weighted by Gasteiger charge is -2.30. The van der Waals surface area contributed by atoms with E-state index in [1.807, 2.05) is 30.3 Å². The normalized spacial score (nSPS) is 20.2. The van der Waals surface area contributed by atoms with Gasteiger partial charge in [-0.15, -0.1) is 0 Å². The zero-order valence-corrected chi connectivity index (χ0v) is 15.6. The molecule has 1 saturated heterocycles. The topological polar surface area (TPSA) is 65.8 Å². The van der Waals surface area contributed by atoms with Gasteiger partial charge in [0.25, 0.3) is 10.2 Å². The highest BCUT2D eigenvalue weighted by atomic mass is 32.2. The van der Waals surface area contributed by atoms with Gasteiger partial charge in [-0.05, 0) is 55.6 Å². The number of nitrogens with zero attached hydrogens (tertiary/aromatic N) is 2. The van der Waals surface area contributed by atoms with Crippen molar-refractivity contribution in [1.82, 2.24) is 13.9 Å². The van der Waals surface area contributed by atoms with Gasteiger partial charge in [-0.1, -0.05) is 24.3 Å². The van der Waals surface area contributed by atoms with E-state index in [4.69, 9.17) is 4.42 Å². The van der Waals surface area contributed by atoms with Crippen LogP contribution in [0.15, 0.2) is 47.1 Å². The van der Waals surface area contributed by atoms with E-state index in [0.29, 0.717) is 19.6 Å². The van der Waals surface area contributed by atoms with Crippen molar-refractivity contribution in [2.24, 2.45) is 0 Å². The number of benzene rings is 1. The summed E-state index contributed by atoms with van der Waals surface area (Å²) in [5, 5.41) is 0. The van der Waals surface area contributed by atoms with Gasteiger partial charge < -0.3 is 4.42 Å². The molecule has 0 bridgehead atoms. The molecule has 0 aliphatic carbocycles.